The van der Waals surface area contributed by atoms with Gasteiger partial charge in [-0.3, -0.25) is 19.6 Å². The first-order valence-electron chi connectivity index (χ1n) is 9.43. The molecule has 0 radical (unpaired) electrons. The number of aliphatic hydroxyl groups is 1. The van der Waals surface area contributed by atoms with Crippen LogP contribution < -0.4 is 4.74 Å². The van der Waals surface area contributed by atoms with Gasteiger partial charge in [0.15, 0.2) is 0 Å². The maximum absolute atomic E-state index is 13.1. The summed E-state index contributed by atoms with van der Waals surface area (Å²) in [6.45, 7) is 0.128. The van der Waals surface area contributed by atoms with E-state index in [0.717, 1.165) is 5.56 Å². The van der Waals surface area contributed by atoms with Crippen LogP contribution in [0.4, 0.5) is 0 Å². The number of aromatic nitrogens is 2. The molecule has 3 heterocycles. The van der Waals surface area contributed by atoms with Gasteiger partial charge in [0, 0.05) is 30.2 Å². The average Bonchev–Trinajstić information content (AvgIpc) is 3.04. The summed E-state index contributed by atoms with van der Waals surface area (Å²) in [5.74, 6) is -1.59. The predicted molar refractivity (Wildman–Crippen MR) is 114 cm³/mol. The van der Waals surface area contributed by atoms with Gasteiger partial charge in [-0.25, -0.2) is 0 Å². The topological polar surface area (TPSA) is 92.6 Å². The van der Waals surface area contributed by atoms with Crippen LogP contribution in [0.15, 0.2) is 72.7 Å². The summed E-state index contributed by atoms with van der Waals surface area (Å²) in [5, 5.41) is 11.5. The van der Waals surface area contributed by atoms with Crippen LogP contribution in [0.25, 0.3) is 5.76 Å². The monoisotopic (exact) mass is 435 g/mol. The first kappa shape index (κ1) is 20.6. The number of halogens is 1. The molecule has 0 saturated carbocycles. The van der Waals surface area contributed by atoms with Crippen LogP contribution in [0, 0.1) is 0 Å². The summed E-state index contributed by atoms with van der Waals surface area (Å²) in [4.78, 5) is 35.8. The van der Waals surface area contributed by atoms with Gasteiger partial charge in [0.25, 0.3) is 11.7 Å². The van der Waals surface area contributed by atoms with Crippen molar-refractivity contribution in [3.05, 3.63) is 94.5 Å². The molecule has 1 atom stereocenters. The molecule has 156 valence electrons. The molecule has 1 aliphatic heterocycles. The minimum atomic E-state index is -0.884. The lowest BCUT2D eigenvalue weighted by molar-refractivity contribution is -0.140. The minimum absolute atomic E-state index is 0.0758. The number of carbonyl (C=O) groups is 2. The Balaban J connectivity index is 1.90. The Morgan fingerprint density at radius 1 is 1.16 bits per heavy atom. The third-order valence-electron chi connectivity index (χ3n) is 5.00. The van der Waals surface area contributed by atoms with Crippen molar-refractivity contribution in [2.45, 2.75) is 12.6 Å². The van der Waals surface area contributed by atoms with Gasteiger partial charge in [-0.2, -0.15) is 0 Å². The van der Waals surface area contributed by atoms with E-state index in [4.69, 9.17) is 16.3 Å². The summed E-state index contributed by atoms with van der Waals surface area (Å²) in [5.41, 5.74) is 1.34. The number of methoxy groups -OCH3 is 1. The predicted octanol–water partition coefficient (Wildman–Crippen LogP) is 3.76. The second-order valence-corrected chi connectivity index (χ2v) is 7.32. The number of nitrogens with zero attached hydrogens (tertiary/aromatic N) is 3. The number of rotatable bonds is 5. The number of ether oxygens (including phenoxy) is 1. The largest absolute Gasteiger partial charge is 0.507 e. The molecule has 0 spiro atoms. The van der Waals surface area contributed by atoms with E-state index in [1.165, 1.54) is 18.1 Å². The van der Waals surface area contributed by atoms with Crippen LogP contribution >= 0.6 is 11.6 Å². The van der Waals surface area contributed by atoms with Crippen LogP contribution in [-0.4, -0.2) is 38.8 Å². The Morgan fingerprint density at radius 2 is 2.00 bits per heavy atom. The number of carbonyl (C=O) groups excluding carboxylic acids is 2. The lowest BCUT2D eigenvalue weighted by Crippen LogP contribution is -2.29. The summed E-state index contributed by atoms with van der Waals surface area (Å²) in [6.07, 6.45) is 4.81. The lowest BCUT2D eigenvalue weighted by atomic mass is 9.97. The number of hydrogen-bond acceptors (Lipinski definition) is 6. The van der Waals surface area contributed by atoms with Crippen molar-refractivity contribution in [2.75, 3.05) is 7.11 Å². The van der Waals surface area contributed by atoms with Crippen molar-refractivity contribution in [1.29, 1.82) is 0 Å². The van der Waals surface area contributed by atoms with Crippen LogP contribution in [0.3, 0.4) is 0 Å². The molecule has 1 saturated heterocycles. The number of ketones is 1. The lowest BCUT2D eigenvalue weighted by Gasteiger charge is -2.24. The maximum atomic E-state index is 13.1. The first-order chi connectivity index (χ1) is 15.0. The zero-order valence-electron chi connectivity index (χ0n) is 16.5. The number of benzene rings is 1. The highest BCUT2D eigenvalue weighted by Crippen LogP contribution is 2.41. The number of amides is 1. The van der Waals surface area contributed by atoms with E-state index in [1.54, 1.807) is 55.0 Å². The molecule has 1 unspecified atom stereocenters. The smallest absolute Gasteiger partial charge is 0.296 e. The van der Waals surface area contributed by atoms with E-state index < -0.39 is 17.7 Å². The Hall–Kier alpha value is -3.71. The molecule has 2 aromatic heterocycles. The molecule has 31 heavy (non-hydrogen) atoms. The number of pyridine rings is 2. The molecule has 1 N–H and O–H groups in total. The van der Waals surface area contributed by atoms with Crippen LogP contribution in [0.5, 0.6) is 5.75 Å². The Kier molecular flexibility index (Phi) is 5.68. The van der Waals surface area contributed by atoms with Gasteiger partial charge in [-0.15, -0.1) is 0 Å². The molecule has 1 amide bonds. The molecular weight excluding hydrogens is 418 g/mol. The highest BCUT2D eigenvalue weighted by Gasteiger charge is 2.47. The highest BCUT2D eigenvalue weighted by atomic mass is 35.5. The van der Waals surface area contributed by atoms with Crippen LogP contribution in [0.1, 0.15) is 22.9 Å². The minimum Gasteiger partial charge on any atom is -0.507 e. The van der Waals surface area contributed by atoms with Gasteiger partial charge in [0.1, 0.15) is 17.6 Å². The number of hydrogen-bond donors (Lipinski definition) is 1. The molecule has 7 nitrogen and oxygen atoms in total. The van der Waals surface area contributed by atoms with E-state index in [2.05, 4.69) is 9.97 Å². The maximum Gasteiger partial charge on any atom is 0.296 e. The van der Waals surface area contributed by atoms with Crippen LogP contribution in [-0.2, 0) is 16.1 Å². The normalized spacial score (nSPS) is 17.7. The summed E-state index contributed by atoms with van der Waals surface area (Å²) in [7, 11) is 1.44. The Morgan fingerprint density at radius 3 is 2.68 bits per heavy atom. The molecule has 4 rings (SSSR count). The molecular formula is C23H18ClN3O4. The standard InChI is InChI=1S/C23H18ClN3O4/c1-31-18-8-7-15(24)11-16(18)21(28)19-20(17-6-2-3-10-26-17)27(23(30)22(19)29)13-14-5-4-9-25-12-14/h2-12,20,28H,13H2,1H3/b21-19+. The van der Waals surface area contributed by atoms with E-state index in [1.807, 2.05) is 6.07 Å². The summed E-state index contributed by atoms with van der Waals surface area (Å²) >= 11 is 6.11. The average molecular weight is 436 g/mol. The van der Waals surface area contributed by atoms with Gasteiger partial charge >= 0.3 is 0 Å². The molecule has 1 aromatic carbocycles. The fraction of sp³-hybridized carbons (Fsp3) is 0.130. The van der Waals surface area contributed by atoms with E-state index in [0.29, 0.717) is 16.5 Å². The number of Topliss-reactive ketones (excluding diaryl/α,β-unsaturated/α-hetero) is 1. The number of likely N-dealkylation sites (tertiary alicyclic amines) is 1. The third kappa shape index (κ3) is 3.87. The SMILES string of the molecule is COc1ccc(Cl)cc1/C(O)=C1\C(=O)C(=O)N(Cc2cccnc2)C1c1ccccn1. The van der Waals surface area contributed by atoms with Gasteiger partial charge in [0.05, 0.1) is 23.9 Å². The summed E-state index contributed by atoms with van der Waals surface area (Å²) in [6, 6.07) is 12.5. The van der Waals surface area contributed by atoms with Crippen molar-refractivity contribution in [2.24, 2.45) is 0 Å². The van der Waals surface area contributed by atoms with Crippen molar-refractivity contribution in [3.63, 3.8) is 0 Å². The molecule has 1 aliphatic rings. The van der Waals surface area contributed by atoms with Gasteiger partial charge in [0.2, 0.25) is 0 Å². The zero-order chi connectivity index (χ0) is 22.0. The van der Waals surface area contributed by atoms with Crippen molar-refractivity contribution >= 4 is 29.1 Å². The van der Waals surface area contributed by atoms with Crippen LogP contribution in [0.2, 0.25) is 5.02 Å². The molecule has 1 fully saturated rings. The second kappa shape index (κ2) is 8.57. The molecule has 3 aromatic rings. The van der Waals surface area contributed by atoms with Gasteiger partial charge < -0.3 is 14.7 Å². The summed E-state index contributed by atoms with van der Waals surface area (Å²) < 4.78 is 5.32. The highest BCUT2D eigenvalue weighted by molar-refractivity contribution is 6.46. The van der Waals surface area contributed by atoms with Crippen molar-refractivity contribution in [1.82, 2.24) is 14.9 Å². The number of aliphatic hydroxyl groups excluding tert-OH is 1. The third-order valence-corrected chi connectivity index (χ3v) is 5.24. The zero-order valence-corrected chi connectivity index (χ0v) is 17.3. The Labute approximate surface area is 183 Å². The first-order valence-corrected chi connectivity index (χ1v) is 9.81. The van der Waals surface area contributed by atoms with Gasteiger partial charge in [-0.1, -0.05) is 23.7 Å². The van der Waals surface area contributed by atoms with E-state index in [-0.39, 0.29) is 23.4 Å². The van der Waals surface area contributed by atoms with Gasteiger partial charge in [-0.05, 0) is 42.0 Å². The quantitative estimate of drug-likeness (QED) is 0.372. The fourth-order valence-electron chi connectivity index (χ4n) is 3.59. The molecule has 0 bridgehead atoms. The molecule has 0 aliphatic carbocycles. The van der Waals surface area contributed by atoms with Crippen molar-refractivity contribution in [3.8, 4) is 5.75 Å². The van der Waals surface area contributed by atoms with E-state index in [9.17, 15) is 14.7 Å². The van der Waals surface area contributed by atoms with E-state index >= 15 is 0 Å². The fourth-order valence-corrected chi connectivity index (χ4v) is 3.76. The van der Waals surface area contributed by atoms with Crippen molar-refractivity contribution < 1.29 is 19.4 Å². The Bertz CT molecular complexity index is 1170. The second-order valence-electron chi connectivity index (χ2n) is 6.89. The molecule has 8 heteroatoms.